The Balaban J connectivity index is 1.66. The lowest BCUT2D eigenvalue weighted by molar-refractivity contribution is 0.0954. The summed E-state index contributed by atoms with van der Waals surface area (Å²) in [5, 5.41) is 3.97. The summed E-state index contributed by atoms with van der Waals surface area (Å²) in [6, 6.07) is 17.4. The molecule has 182 valence electrons. The lowest BCUT2D eigenvalue weighted by atomic mass is 10.2. The zero-order valence-corrected chi connectivity index (χ0v) is 21.2. The first-order valence-electron chi connectivity index (χ1n) is 10.5. The van der Waals surface area contributed by atoms with E-state index in [1.807, 2.05) is 6.92 Å². The molecule has 0 aromatic heterocycles. The van der Waals surface area contributed by atoms with Crippen LogP contribution in [-0.2, 0) is 10.1 Å². The van der Waals surface area contributed by atoms with Gasteiger partial charge in [-0.15, -0.1) is 0 Å². The highest BCUT2D eigenvalue weighted by Gasteiger charge is 2.18. The molecule has 35 heavy (non-hydrogen) atoms. The van der Waals surface area contributed by atoms with E-state index < -0.39 is 16.0 Å². The number of hydrogen-bond donors (Lipinski definition) is 1. The fourth-order valence-electron chi connectivity index (χ4n) is 2.83. The number of ether oxygens (including phenoxy) is 2. The van der Waals surface area contributed by atoms with Crippen LogP contribution in [0.4, 0.5) is 0 Å². The molecule has 0 atom stereocenters. The summed E-state index contributed by atoms with van der Waals surface area (Å²) in [5.41, 5.74) is 3.39. The molecule has 0 saturated heterocycles. The van der Waals surface area contributed by atoms with Gasteiger partial charge in [-0.3, -0.25) is 4.79 Å². The van der Waals surface area contributed by atoms with Crippen molar-refractivity contribution in [2.24, 2.45) is 5.10 Å². The molecule has 0 bridgehead atoms. The first kappa shape index (κ1) is 26.0. The van der Waals surface area contributed by atoms with Crippen LogP contribution in [0, 0.1) is 0 Å². The van der Waals surface area contributed by atoms with Gasteiger partial charge in [0.05, 0.1) is 17.3 Å². The third kappa shape index (κ3) is 7.17. The minimum absolute atomic E-state index is 0.0491. The summed E-state index contributed by atoms with van der Waals surface area (Å²) >= 11 is 3.31. The summed E-state index contributed by atoms with van der Waals surface area (Å²) in [7, 11) is -3.97. The van der Waals surface area contributed by atoms with Crippen molar-refractivity contribution in [1.82, 2.24) is 5.43 Å². The fraction of sp³-hybridized carbons (Fsp3) is 0.120. The Morgan fingerprint density at radius 1 is 1.03 bits per heavy atom. The van der Waals surface area contributed by atoms with Crippen molar-refractivity contribution < 1.29 is 26.9 Å². The number of nitrogens with one attached hydrogen (secondary N) is 1. The van der Waals surface area contributed by atoms with Crippen molar-refractivity contribution >= 4 is 38.2 Å². The number of halogens is 1. The van der Waals surface area contributed by atoms with E-state index in [1.54, 1.807) is 54.6 Å². The molecule has 1 N–H and O–H groups in total. The van der Waals surface area contributed by atoms with Gasteiger partial charge < -0.3 is 13.7 Å². The smallest absolute Gasteiger partial charge is 0.339 e. The second kappa shape index (κ2) is 12.2. The average Bonchev–Trinajstić information content (AvgIpc) is 2.85. The SMILES string of the molecule is C=CCOc1ccc(C(=O)N/N=C/c2ccc(OS(=O)(=O)c3ccccc3)c(Br)c2)cc1OCC. The number of nitrogens with zero attached hydrogens (tertiary/aromatic N) is 1. The monoisotopic (exact) mass is 558 g/mol. The number of hydrazone groups is 1. The molecule has 3 aromatic rings. The van der Waals surface area contributed by atoms with Gasteiger partial charge in [-0.1, -0.05) is 30.9 Å². The topological polar surface area (TPSA) is 103 Å². The molecule has 0 aliphatic carbocycles. The molecule has 10 heteroatoms. The Bertz CT molecular complexity index is 1330. The van der Waals surface area contributed by atoms with Gasteiger partial charge in [-0.2, -0.15) is 13.5 Å². The highest BCUT2D eigenvalue weighted by Crippen LogP contribution is 2.29. The van der Waals surface area contributed by atoms with Gasteiger partial charge in [0, 0.05) is 5.56 Å². The summed E-state index contributed by atoms with van der Waals surface area (Å²) in [6.07, 6.45) is 3.04. The molecular formula is C25H23BrN2O6S. The zero-order chi connectivity index (χ0) is 25.3. The summed E-state index contributed by atoms with van der Waals surface area (Å²) < 4.78 is 41.6. The summed E-state index contributed by atoms with van der Waals surface area (Å²) in [4.78, 5) is 12.5. The predicted molar refractivity (Wildman–Crippen MR) is 137 cm³/mol. The standard InChI is InChI=1S/C25H23BrN2O6S/c1-3-14-33-23-13-11-19(16-24(23)32-4-2)25(29)28-27-17-18-10-12-22(21(26)15-18)34-35(30,31)20-8-6-5-7-9-20/h3,5-13,15-17H,1,4,14H2,2H3,(H,28,29)/b27-17+. The Morgan fingerprint density at radius 3 is 2.46 bits per heavy atom. The van der Waals surface area contributed by atoms with Crippen LogP contribution >= 0.6 is 15.9 Å². The maximum absolute atomic E-state index is 12.5. The zero-order valence-electron chi connectivity index (χ0n) is 18.8. The molecule has 0 spiro atoms. The minimum atomic E-state index is -3.97. The van der Waals surface area contributed by atoms with Crippen LogP contribution in [0.5, 0.6) is 17.2 Å². The third-order valence-electron chi connectivity index (χ3n) is 4.43. The number of carbonyl (C=O) groups excluding carboxylic acids is 1. The van der Waals surface area contributed by atoms with Crippen molar-refractivity contribution in [1.29, 1.82) is 0 Å². The summed E-state index contributed by atoms with van der Waals surface area (Å²) in [5.74, 6) is 0.631. The Hall–Kier alpha value is -3.63. The highest BCUT2D eigenvalue weighted by atomic mass is 79.9. The van der Waals surface area contributed by atoms with E-state index >= 15 is 0 Å². The molecule has 0 unspecified atom stereocenters. The molecule has 8 nitrogen and oxygen atoms in total. The Kier molecular flexibility index (Phi) is 9.04. The van der Waals surface area contributed by atoms with Crippen LogP contribution in [0.25, 0.3) is 0 Å². The average molecular weight is 559 g/mol. The maximum Gasteiger partial charge on any atom is 0.339 e. The van der Waals surface area contributed by atoms with E-state index in [0.717, 1.165) is 0 Å². The first-order chi connectivity index (χ1) is 16.8. The van der Waals surface area contributed by atoms with Crippen LogP contribution in [0.2, 0.25) is 0 Å². The normalized spacial score (nSPS) is 11.1. The van der Waals surface area contributed by atoms with E-state index in [-0.39, 0.29) is 10.6 Å². The minimum Gasteiger partial charge on any atom is -0.490 e. The largest absolute Gasteiger partial charge is 0.490 e. The van der Waals surface area contributed by atoms with Crippen LogP contribution in [0.15, 0.2) is 93.9 Å². The number of carbonyl (C=O) groups is 1. The van der Waals surface area contributed by atoms with Crippen LogP contribution in [0.1, 0.15) is 22.8 Å². The number of benzene rings is 3. The molecule has 0 heterocycles. The van der Waals surface area contributed by atoms with Crippen LogP contribution in [-0.4, -0.2) is 33.8 Å². The predicted octanol–water partition coefficient (Wildman–Crippen LogP) is 4.94. The van der Waals surface area contributed by atoms with Crippen molar-refractivity contribution in [2.45, 2.75) is 11.8 Å². The van der Waals surface area contributed by atoms with Gasteiger partial charge in [0.15, 0.2) is 17.2 Å². The van der Waals surface area contributed by atoms with Crippen LogP contribution in [0.3, 0.4) is 0 Å². The summed E-state index contributed by atoms with van der Waals surface area (Å²) in [6.45, 7) is 6.17. The van der Waals surface area contributed by atoms with E-state index in [9.17, 15) is 13.2 Å². The number of hydrogen-bond acceptors (Lipinski definition) is 7. The third-order valence-corrected chi connectivity index (χ3v) is 6.30. The molecule has 1 amide bonds. The molecule has 0 saturated carbocycles. The quantitative estimate of drug-likeness (QED) is 0.155. The van der Waals surface area contributed by atoms with Gasteiger partial charge in [-0.25, -0.2) is 5.43 Å². The van der Waals surface area contributed by atoms with E-state index in [4.69, 9.17) is 13.7 Å². The molecule has 0 aliphatic heterocycles. The molecule has 0 aliphatic rings. The van der Waals surface area contributed by atoms with Crippen molar-refractivity contribution in [3.8, 4) is 17.2 Å². The van der Waals surface area contributed by atoms with Gasteiger partial charge in [0.1, 0.15) is 11.5 Å². The second-order valence-electron chi connectivity index (χ2n) is 6.93. The molecule has 0 fully saturated rings. The molecule has 3 rings (SSSR count). The van der Waals surface area contributed by atoms with Crippen molar-refractivity contribution in [3.05, 3.63) is 95.0 Å². The van der Waals surface area contributed by atoms with E-state index in [2.05, 4.69) is 33.0 Å². The highest BCUT2D eigenvalue weighted by molar-refractivity contribution is 9.10. The van der Waals surface area contributed by atoms with Crippen molar-refractivity contribution in [2.75, 3.05) is 13.2 Å². The van der Waals surface area contributed by atoms with Gasteiger partial charge in [0.25, 0.3) is 5.91 Å². The lowest BCUT2D eigenvalue weighted by Crippen LogP contribution is -2.17. The maximum atomic E-state index is 12.5. The van der Waals surface area contributed by atoms with Crippen molar-refractivity contribution in [3.63, 3.8) is 0 Å². The Labute approximate surface area is 212 Å². The fourth-order valence-corrected chi connectivity index (χ4v) is 4.39. The van der Waals surface area contributed by atoms with Gasteiger partial charge in [0.2, 0.25) is 0 Å². The number of amides is 1. The van der Waals surface area contributed by atoms with E-state index in [0.29, 0.717) is 40.3 Å². The van der Waals surface area contributed by atoms with E-state index in [1.165, 1.54) is 24.4 Å². The lowest BCUT2D eigenvalue weighted by Gasteiger charge is -2.12. The molecular weight excluding hydrogens is 536 g/mol. The van der Waals surface area contributed by atoms with Crippen LogP contribution < -0.4 is 19.1 Å². The Morgan fingerprint density at radius 2 is 1.77 bits per heavy atom. The molecule has 0 radical (unpaired) electrons. The van der Waals surface area contributed by atoms with Gasteiger partial charge >= 0.3 is 10.1 Å². The second-order valence-corrected chi connectivity index (χ2v) is 9.33. The number of rotatable bonds is 11. The van der Waals surface area contributed by atoms with Gasteiger partial charge in [-0.05, 0) is 76.9 Å². The first-order valence-corrected chi connectivity index (χ1v) is 12.7. The molecule has 3 aromatic carbocycles.